The van der Waals surface area contributed by atoms with Crippen LogP contribution in [0.15, 0.2) is 39.5 Å². The minimum atomic E-state index is -0.386. The van der Waals surface area contributed by atoms with Gasteiger partial charge in [0.05, 0.1) is 0 Å². The molecule has 0 atom stereocenters. The number of likely N-dealkylation sites (N-methyl/N-ethyl adjacent to an activating group) is 1. The van der Waals surface area contributed by atoms with Crippen LogP contribution in [0.25, 0.3) is 11.0 Å². The zero-order chi connectivity index (χ0) is 16.7. The van der Waals surface area contributed by atoms with Gasteiger partial charge in [0.1, 0.15) is 12.2 Å². The summed E-state index contributed by atoms with van der Waals surface area (Å²) in [7, 11) is 0. The second kappa shape index (κ2) is 8.64. The molecule has 1 aromatic heterocycles. The van der Waals surface area contributed by atoms with Crippen LogP contribution in [0.3, 0.4) is 0 Å². The van der Waals surface area contributed by atoms with E-state index in [2.05, 4.69) is 24.1 Å². The number of nitrogens with one attached hydrogen (secondary N) is 1. The third-order valence-electron chi connectivity index (χ3n) is 3.69. The van der Waals surface area contributed by atoms with Crippen molar-refractivity contribution in [3.63, 3.8) is 0 Å². The number of hydrogen-bond donors (Lipinski definition) is 1. The van der Waals surface area contributed by atoms with Gasteiger partial charge < -0.3 is 19.4 Å². The summed E-state index contributed by atoms with van der Waals surface area (Å²) in [4.78, 5) is 13.9. The fourth-order valence-corrected chi connectivity index (χ4v) is 2.51. The lowest BCUT2D eigenvalue weighted by atomic mass is 10.1. The van der Waals surface area contributed by atoms with Gasteiger partial charge in [-0.3, -0.25) is 0 Å². The molecule has 2 aromatic rings. The fourth-order valence-electron chi connectivity index (χ4n) is 2.35. The summed E-state index contributed by atoms with van der Waals surface area (Å²) < 4.78 is 10.7. The second-order valence-corrected chi connectivity index (χ2v) is 5.49. The van der Waals surface area contributed by atoms with Crippen LogP contribution in [0.2, 0.25) is 0 Å². The van der Waals surface area contributed by atoms with Crippen molar-refractivity contribution in [1.82, 2.24) is 10.2 Å². The number of para-hydroxylation sites is 1. The monoisotopic (exact) mass is 334 g/mol. The molecule has 6 heteroatoms. The Hall–Kier alpha value is -1.92. The zero-order valence-corrected chi connectivity index (χ0v) is 14.3. The molecule has 5 nitrogen and oxygen atoms in total. The van der Waals surface area contributed by atoms with E-state index in [4.69, 9.17) is 21.4 Å². The van der Waals surface area contributed by atoms with E-state index in [1.807, 2.05) is 18.2 Å². The third-order valence-corrected chi connectivity index (χ3v) is 3.95. The Balaban J connectivity index is 1.91. The normalized spacial score (nSPS) is 10.9. The average molecular weight is 334 g/mol. The highest BCUT2D eigenvalue weighted by Crippen LogP contribution is 2.17. The van der Waals surface area contributed by atoms with Gasteiger partial charge in [0.25, 0.3) is 5.17 Å². The molecular formula is C17H22N2O3S. The van der Waals surface area contributed by atoms with Crippen LogP contribution in [0.1, 0.15) is 19.4 Å². The van der Waals surface area contributed by atoms with E-state index in [0.29, 0.717) is 10.8 Å². The van der Waals surface area contributed by atoms with Crippen molar-refractivity contribution in [2.45, 2.75) is 20.5 Å². The molecule has 2 rings (SSSR count). The maximum Gasteiger partial charge on any atom is 0.336 e. The van der Waals surface area contributed by atoms with Gasteiger partial charge in [-0.1, -0.05) is 32.0 Å². The Morgan fingerprint density at radius 3 is 2.78 bits per heavy atom. The highest BCUT2D eigenvalue weighted by Gasteiger charge is 2.07. The maximum absolute atomic E-state index is 11.6. The Bertz CT molecular complexity index is 710. The van der Waals surface area contributed by atoms with Gasteiger partial charge in [0.2, 0.25) is 0 Å². The quantitative estimate of drug-likeness (QED) is 0.620. The molecule has 0 bridgehead atoms. The number of fused-ring (bicyclic) bond motifs is 1. The van der Waals surface area contributed by atoms with Gasteiger partial charge >= 0.3 is 5.63 Å². The molecule has 1 aromatic carbocycles. The summed E-state index contributed by atoms with van der Waals surface area (Å²) in [5.74, 6) is 0. The lowest BCUT2D eigenvalue weighted by Crippen LogP contribution is -2.34. The van der Waals surface area contributed by atoms with Gasteiger partial charge in [-0.05, 0) is 31.4 Å². The van der Waals surface area contributed by atoms with Crippen molar-refractivity contribution in [2.75, 3.05) is 26.2 Å². The van der Waals surface area contributed by atoms with Gasteiger partial charge in [0, 0.05) is 30.1 Å². The van der Waals surface area contributed by atoms with Crippen LogP contribution in [0.4, 0.5) is 0 Å². The van der Waals surface area contributed by atoms with Crippen LogP contribution in [-0.4, -0.2) is 36.3 Å². The van der Waals surface area contributed by atoms with Gasteiger partial charge in [-0.15, -0.1) is 0 Å². The molecule has 23 heavy (non-hydrogen) atoms. The number of ether oxygens (including phenoxy) is 1. The van der Waals surface area contributed by atoms with Crippen LogP contribution in [0, 0.1) is 0 Å². The van der Waals surface area contributed by atoms with Gasteiger partial charge in [0.15, 0.2) is 0 Å². The molecule has 1 N–H and O–H groups in total. The highest BCUT2D eigenvalue weighted by molar-refractivity contribution is 7.80. The number of benzene rings is 1. The van der Waals surface area contributed by atoms with E-state index in [1.54, 1.807) is 6.07 Å². The van der Waals surface area contributed by atoms with Crippen molar-refractivity contribution in [2.24, 2.45) is 0 Å². The molecule has 0 spiro atoms. The molecule has 0 saturated carbocycles. The fraction of sp³-hybridized carbons (Fsp3) is 0.412. The first-order valence-corrected chi connectivity index (χ1v) is 8.19. The molecule has 124 valence electrons. The van der Waals surface area contributed by atoms with Crippen molar-refractivity contribution in [3.05, 3.63) is 46.3 Å². The lowest BCUT2D eigenvalue weighted by Gasteiger charge is -2.18. The number of nitrogens with zero attached hydrogens (tertiary/aromatic N) is 1. The Labute approximate surface area is 141 Å². The minimum absolute atomic E-state index is 0.239. The van der Waals surface area contributed by atoms with Gasteiger partial charge in [-0.25, -0.2) is 4.79 Å². The number of hydrogen-bond acceptors (Lipinski definition) is 5. The van der Waals surface area contributed by atoms with Crippen molar-refractivity contribution < 1.29 is 9.15 Å². The standard InChI is InChI=1S/C17H22N2O3S/c1-3-19(4-2)10-9-18-17(23)21-12-13-11-16(20)22-15-8-6-5-7-14(13)15/h5-8,11H,3-4,9-10,12H2,1-2H3,(H,18,23). The topological polar surface area (TPSA) is 54.7 Å². The van der Waals surface area contributed by atoms with E-state index < -0.39 is 0 Å². The first kappa shape index (κ1) is 17.4. The van der Waals surface area contributed by atoms with E-state index in [9.17, 15) is 4.79 Å². The molecule has 0 saturated heterocycles. The molecule has 0 aliphatic carbocycles. The summed E-state index contributed by atoms with van der Waals surface area (Å²) in [5.41, 5.74) is 0.937. The summed E-state index contributed by atoms with van der Waals surface area (Å²) in [6.07, 6.45) is 0. The summed E-state index contributed by atoms with van der Waals surface area (Å²) in [6, 6.07) is 8.83. The Kier molecular flexibility index (Phi) is 6.55. The van der Waals surface area contributed by atoms with Crippen LogP contribution >= 0.6 is 12.2 Å². The Morgan fingerprint density at radius 2 is 2.04 bits per heavy atom. The molecule has 0 aliphatic heterocycles. The molecule has 1 heterocycles. The van der Waals surface area contributed by atoms with E-state index in [0.717, 1.165) is 37.1 Å². The van der Waals surface area contributed by atoms with Crippen LogP contribution in [-0.2, 0) is 11.3 Å². The van der Waals surface area contributed by atoms with Crippen molar-refractivity contribution >= 4 is 28.4 Å². The van der Waals surface area contributed by atoms with Gasteiger partial charge in [-0.2, -0.15) is 0 Å². The van der Waals surface area contributed by atoms with E-state index in [1.165, 1.54) is 6.07 Å². The molecular weight excluding hydrogens is 312 g/mol. The predicted molar refractivity (Wildman–Crippen MR) is 95.7 cm³/mol. The largest absolute Gasteiger partial charge is 0.466 e. The third kappa shape index (κ3) is 5.04. The smallest absolute Gasteiger partial charge is 0.336 e. The molecule has 0 fully saturated rings. The minimum Gasteiger partial charge on any atom is -0.466 e. The second-order valence-electron chi connectivity index (χ2n) is 5.12. The number of rotatable bonds is 7. The van der Waals surface area contributed by atoms with Crippen LogP contribution in [0.5, 0.6) is 0 Å². The lowest BCUT2D eigenvalue weighted by molar-refractivity contribution is 0.275. The molecule has 0 amide bonds. The molecule has 0 unspecified atom stereocenters. The first-order valence-electron chi connectivity index (χ1n) is 7.78. The van der Waals surface area contributed by atoms with E-state index in [-0.39, 0.29) is 12.2 Å². The first-order chi connectivity index (χ1) is 11.1. The SMILES string of the molecule is CCN(CC)CCNC(=S)OCc1cc(=O)oc2ccccc12. The van der Waals surface area contributed by atoms with Crippen molar-refractivity contribution in [3.8, 4) is 0 Å². The maximum atomic E-state index is 11.6. The summed E-state index contributed by atoms with van der Waals surface area (Å²) in [5, 5.41) is 4.28. The zero-order valence-electron chi connectivity index (χ0n) is 13.5. The molecule has 0 aliphatic rings. The average Bonchev–Trinajstić information content (AvgIpc) is 2.56. The van der Waals surface area contributed by atoms with Crippen molar-refractivity contribution in [1.29, 1.82) is 0 Å². The van der Waals surface area contributed by atoms with Crippen LogP contribution < -0.4 is 10.9 Å². The highest BCUT2D eigenvalue weighted by atomic mass is 32.1. The Morgan fingerprint density at radius 1 is 1.30 bits per heavy atom. The van der Waals surface area contributed by atoms with E-state index >= 15 is 0 Å². The number of thiocarbonyl (C=S) groups is 1. The molecule has 0 radical (unpaired) electrons. The predicted octanol–water partition coefficient (Wildman–Crippen LogP) is 2.53. The summed E-state index contributed by atoms with van der Waals surface area (Å²) in [6.45, 7) is 8.17. The summed E-state index contributed by atoms with van der Waals surface area (Å²) >= 11 is 5.18.